The van der Waals surface area contributed by atoms with Crippen molar-refractivity contribution in [3.63, 3.8) is 0 Å². The molecular weight excluding hydrogens is 238 g/mol. The topological polar surface area (TPSA) is 32.3 Å². The van der Waals surface area contributed by atoms with Crippen molar-refractivity contribution in [2.24, 2.45) is 0 Å². The van der Waals surface area contributed by atoms with Gasteiger partial charge in [-0.25, -0.2) is 8.78 Å². The van der Waals surface area contributed by atoms with Crippen LogP contribution in [0, 0.1) is 11.6 Å². The van der Waals surface area contributed by atoms with Crippen LogP contribution in [-0.4, -0.2) is 31.4 Å². The van der Waals surface area contributed by atoms with Gasteiger partial charge in [0, 0.05) is 20.2 Å². The van der Waals surface area contributed by atoms with Gasteiger partial charge in [-0.1, -0.05) is 11.6 Å². The zero-order valence-electron chi connectivity index (χ0n) is 8.85. The second-order valence-corrected chi connectivity index (χ2v) is 3.79. The molecule has 1 aromatic rings. The highest BCUT2D eigenvalue weighted by molar-refractivity contribution is 6.33. The van der Waals surface area contributed by atoms with E-state index in [9.17, 15) is 13.6 Å². The normalized spacial score (nSPS) is 10.1. The van der Waals surface area contributed by atoms with E-state index < -0.39 is 11.6 Å². The fourth-order valence-electron chi connectivity index (χ4n) is 1.03. The highest BCUT2D eigenvalue weighted by Gasteiger charge is 2.11. The fraction of sp³-hybridized carbons (Fsp3) is 0.300. The average molecular weight is 249 g/mol. The van der Waals surface area contributed by atoms with Crippen LogP contribution in [-0.2, 0) is 4.79 Å². The molecule has 0 unspecified atom stereocenters. The van der Waals surface area contributed by atoms with Gasteiger partial charge in [0.1, 0.15) is 5.82 Å². The first-order chi connectivity index (χ1) is 7.41. The first kappa shape index (κ1) is 12.7. The first-order valence-corrected chi connectivity index (χ1v) is 4.88. The zero-order chi connectivity index (χ0) is 12.3. The Balaban J connectivity index is 2.78. The molecule has 0 atom stereocenters. The molecular formula is C10H11ClF2N2O. The maximum Gasteiger partial charge on any atom is 0.241 e. The molecule has 0 aliphatic rings. The number of halogens is 3. The predicted octanol–water partition coefficient (Wildman–Crippen LogP) is 2.12. The molecule has 0 aromatic heterocycles. The number of hydrogen-bond donors (Lipinski definition) is 1. The molecule has 0 spiro atoms. The lowest BCUT2D eigenvalue weighted by Gasteiger charge is -2.13. The number of amides is 1. The largest absolute Gasteiger partial charge is 0.373 e. The Morgan fingerprint density at radius 2 is 2.06 bits per heavy atom. The minimum absolute atomic E-state index is 0.0710. The van der Waals surface area contributed by atoms with Crippen molar-refractivity contribution in [2.45, 2.75) is 0 Å². The molecule has 0 bridgehead atoms. The summed E-state index contributed by atoms with van der Waals surface area (Å²) in [5.41, 5.74) is -0.0710. The molecule has 0 heterocycles. The number of nitrogens with one attached hydrogen (secondary N) is 1. The zero-order valence-corrected chi connectivity index (χ0v) is 9.61. The lowest BCUT2D eigenvalue weighted by atomic mass is 10.3. The van der Waals surface area contributed by atoms with E-state index in [1.165, 1.54) is 4.90 Å². The molecule has 0 fully saturated rings. The van der Waals surface area contributed by atoms with Crippen molar-refractivity contribution in [1.82, 2.24) is 4.90 Å². The number of carbonyl (C=O) groups excluding carboxylic acids is 1. The Bertz CT molecular complexity index is 387. The third-order valence-electron chi connectivity index (χ3n) is 1.92. The Labute approximate surface area is 97.0 Å². The fourth-order valence-corrected chi connectivity index (χ4v) is 1.29. The lowest BCUT2D eigenvalue weighted by molar-refractivity contribution is -0.126. The van der Waals surface area contributed by atoms with Crippen LogP contribution in [0.2, 0.25) is 5.02 Å². The van der Waals surface area contributed by atoms with E-state index in [1.807, 2.05) is 0 Å². The van der Waals surface area contributed by atoms with Crippen molar-refractivity contribution >= 4 is 23.2 Å². The summed E-state index contributed by atoms with van der Waals surface area (Å²) >= 11 is 5.63. The van der Waals surface area contributed by atoms with Gasteiger partial charge in [-0.05, 0) is 6.07 Å². The second-order valence-electron chi connectivity index (χ2n) is 3.39. The molecule has 1 rings (SSSR count). The third-order valence-corrected chi connectivity index (χ3v) is 2.22. The minimum atomic E-state index is -0.823. The van der Waals surface area contributed by atoms with Crippen LogP contribution in [0.4, 0.5) is 14.5 Å². The van der Waals surface area contributed by atoms with E-state index in [-0.39, 0.29) is 23.2 Å². The Morgan fingerprint density at radius 1 is 1.44 bits per heavy atom. The van der Waals surface area contributed by atoms with Crippen LogP contribution < -0.4 is 5.32 Å². The average Bonchev–Trinajstić information content (AvgIpc) is 2.15. The molecule has 88 valence electrons. The van der Waals surface area contributed by atoms with Crippen LogP contribution in [0.1, 0.15) is 0 Å². The van der Waals surface area contributed by atoms with Crippen LogP contribution in [0.3, 0.4) is 0 Å². The SMILES string of the molecule is CN(C)C(=O)CNc1c(F)cc(F)cc1Cl. The maximum atomic E-state index is 13.3. The Hall–Kier alpha value is -1.36. The van der Waals surface area contributed by atoms with Gasteiger partial charge in [-0.15, -0.1) is 0 Å². The maximum absolute atomic E-state index is 13.3. The predicted molar refractivity (Wildman–Crippen MR) is 58.6 cm³/mol. The summed E-state index contributed by atoms with van der Waals surface area (Å²) in [7, 11) is 3.15. The van der Waals surface area contributed by atoms with Crippen molar-refractivity contribution < 1.29 is 13.6 Å². The first-order valence-electron chi connectivity index (χ1n) is 4.50. The Kier molecular flexibility index (Phi) is 4.06. The van der Waals surface area contributed by atoms with E-state index in [4.69, 9.17) is 11.6 Å². The van der Waals surface area contributed by atoms with Crippen LogP contribution in [0.5, 0.6) is 0 Å². The van der Waals surface area contributed by atoms with Gasteiger partial charge in [-0.3, -0.25) is 4.79 Å². The van der Waals surface area contributed by atoms with Crippen LogP contribution in [0.15, 0.2) is 12.1 Å². The van der Waals surface area contributed by atoms with Crippen molar-refractivity contribution in [2.75, 3.05) is 26.0 Å². The lowest BCUT2D eigenvalue weighted by Crippen LogP contribution is -2.28. The van der Waals surface area contributed by atoms with Crippen LogP contribution >= 0.6 is 11.6 Å². The summed E-state index contributed by atoms with van der Waals surface area (Å²) < 4.78 is 26.0. The van der Waals surface area contributed by atoms with E-state index in [0.29, 0.717) is 6.07 Å². The molecule has 1 N–H and O–H groups in total. The number of benzene rings is 1. The van der Waals surface area contributed by atoms with Crippen molar-refractivity contribution in [3.05, 3.63) is 28.8 Å². The summed E-state index contributed by atoms with van der Waals surface area (Å²) in [6.45, 7) is -0.102. The van der Waals surface area contributed by atoms with E-state index in [2.05, 4.69) is 5.32 Å². The summed E-state index contributed by atoms with van der Waals surface area (Å²) in [5, 5.41) is 2.43. The highest BCUT2D eigenvalue weighted by Crippen LogP contribution is 2.25. The molecule has 3 nitrogen and oxygen atoms in total. The molecule has 16 heavy (non-hydrogen) atoms. The number of anilines is 1. The second kappa shape index (κ2) is 5.12. The van der Waals surface area contributed by atoms with Crippen molar-refractivity contribution in [3.8, 4) is 0 Å². The summed E-state index contributed by atoms with van der Waals surface area (Å²) in [6, 6.07) is 1.68. The number of rotatable bonds is 3. The Morgan fingerprint density at radius 3 is 2.56 bits per heavy atom. The molecule has 0 aliphatic heterocycles. The number of hydrogen-bond acceptors (Lipinski definition) is 2. The molecule has 1 amide bonds. The summed E-state index contributed by atoms with van der Waals surface area (Å²) in [6.07, 6.45) is 0. The van der Waals surface area contributed by atoms with Gasteiger partial charge in [0.2, 0.25) is 5.91 Å². The van der Waals surface area contributed by atoms with Gasteiger partial charge >= 0.3 is 0 Å². The monoisotopic (exact) mass is 248 g/mol. The van der Waals surface area contributed by atoms with Gasteiger partial charge in [-0.2, -0.15) is 0 Å². The molecule has 0 saturated carbocycles. The van der Waals surface area contributed by atoms with Crippen molar-refractivity contribution in [1.29, 1.82) is 0 Å². The van der Waals surface area contributed by atoms with Crippen LogP contribution in [0.25, 0.3) is 0 Å². The van der Waals surface area contributed by atoms with E-state index >= 15 is 0 Å². The van der Waals surface area contributed by atoms with E-state index in [0.717, 1.165) is 6.07 Å². The van der Waals surface area contributed by atoms with Gasteiger partial charge < -0.3 is 10.2 Å². The van der Waals surface area contributed by atoms with Gasteiger partial charge in [0.25, 0.3) is 0 Å². The smallest absolute Gasteiger partial charge is 0.241 e. The summed E-state index contributed by atoms with van der Waals surface area (Å²) in [4.78, 5) is 12.6. The highest BCUT2D eigenvalue weighted by atomic mass is 35.5. The minimum Gasteiger partial charge on any atom is -0.373 e. The van der Waals surface area contributed by atoms with E-state index in [1.54, 1.807) is 14.1 Å². The summed E-state index contributed by atoms with van der Waals surface area (Å²) in [5.74, 6) is -1.82. The molecule has 0 radical (unpaired) electrons. The number of nitrogens with zero attached hydrogens (tertiary/aromatic N) is 1. The van der Waals surface area contributed by atoms with Gasteiger partial charge in [0.05, 0.1) is 17.3 Å². The van der Waals surface area contributed by atoms with Gasteiger partial charge in [0.15, 0.2) is 5.82 Å². The third kappa shape index (κ3) is 3.06. The standard InChI is InChI=1S/C10H11ClF2N2O/c1-15(2)9(16)5-14-10-7(11)3-6(12)4-8(10)13/h3-4,14H,5H2,1-2H3. The molecule has 1 aromatic carbocycles. The number of carbonyl (C=O) groups is 1. The molecule has 0 aliphatic carbocycles. The molecule has 6 heteroatoms. The quantitative estimate of drug-likeness (QED) is 0.889. The molecule has 0 saturated heterocycles. The number of likely N-dealkylation sites (N-methyl/N-ethyl adjacent to an activating group) is 1.